The van der Waals surface area contributed by atoms with E-state index in [1.54, 1.807) is 4.90 Å². The van der Waals surface area contributed by atoms with Crippen molar-refractivity contribution in [2.24, 2.45) is 5.73 Å². The Balaban J connectivity index is 1.33. The van der Waals surface area contributed by atoms with Crippen molar-refractivity contribution < 1.29 is 14.0 Å². The number of nitrogens with two attached hydrogens (primary N) is 1. The number of carbonyl (C=O) groups excluding carboxylic acids is 2. The summed E-state index contributed by atoms with van der Waals surface area (Å²) in [7, 11) is 0. The molecule has 0 aromatic heterocycles. The molecule has 2 aromatic rings. The molecule has 166 valence electrons. The van der Waals surface area contributed by atoms with Gasteiger partial charge in [0, 0.05) is 43.5 Å². The Labute approximate surface area is 182 Å². The average Bonchev–Trinajstić information content (AvgIpc) is 2.77. The molecule has 0 atom stereocenters. The maximum absolute atomic E-state index is 12.9. The molecule has 8 heteroatoms. The van der Waals surface area contributed by atoms with E-state index in [2.05, 4.69) is 40.2 Å². The molecular formula is C23H30FN5O2. The van der Waals surface area contributed by atoms with Crippen molar-refractivity contribution in [2.75, 3.05) is 36.8 Å². The predicted octanol–water partition coefficient (Wildman–Crippen LogP) is 2.94. The summed E-state index contributed by atoms with van der Waals surface area (Å²) in [6.07, 6.45) is 2.76. The Bertz CT molecular complexity index is 849. The fraction of sp³-hybridized carbons (Fsp3) is 0.391. The van der Waals surface area contributed by atoms with E-state index >= 15 is 0 Å². The van der Waals surface area contributed by atoms with E-state index in [9.17, 15) is 14.0 Å². The molecule has 7 nitrogen and oxygen atoms in total. The van der Waals surface area contributed by atoms with Gasteiger partial charge in [-0.25, -0.2) is 9.18 Å². The van der Waals surface area contributed by atoms with Gasteiger partial charge in [-0.3, -0.25) is 4.79 Å². The number of amides is 3. The van der Waals surface area contributed by atoms with E-state index in [4.69, 9.17) is 5.73 Å². The lowest BCUT2D eigenvalue weighted by Crippen LogP contribution is -2.47. The summed E-state index contributed by atoms with van der Waals surface area (Å²) in [5, 5.41) is 9.00. The molecule has 3 amide bonds. The Morgan fingerprint density at radius 3 is 2.29 bits per heavy atom. The van der Waals surface area contributed by atoms with Gasteiger partial charge in [0.2, 0.25) is 5.91 Å². The number of nitrogens with one attached hydrogen (secondary N) is 3. The summed E-state index contributed by atoms with van der Waals surface area (Å²) in [5.74, 6) is -0.586. The molecule has 1 aliphatic heterocycles. The third-order valence-corrected chi connectivity index (χ3v) is 5.30. The molecule has 0 radical (unpaired) electrons. The summed E-state index contributed by atoms with van der Waals surface area (Å²) in [6, 6.07) is 14.1. The minimum Gasteiger partial charge on any atom is -0.382 e. The van der Waals surface area contributed by atoms with Gasteiger partial charge in [0.25, 0.3) is 0 Å². The molecule has 1 saturated heterocycles. The van der Waals surface area contributed by atoms with E-state index in [-0.39, 0.29) is 30.7 Å². The van der Waals surface area contributed by atoms with Crippen LogP contribution in [0.3, 0.4) is 0 Å². The first-order chi connectivity index (χ1) is 15.0. The summed E-state index contributed by atoms with van der Waals surface area (Å²) in [4.78, 5) is 26.1. The van der Waals surface area contributed by atoms with Crippen molar-refractivity contribution in [3.8, 4) is 0 Å². The van der Waals surface area contributed by atoms with Crippen LogP contribution in [0.15, 0.2) is 48.5 Å². The Hall–Kier alpha value is -3.13. The number of carbonyl (C=O) groups is 2. The maximum atomic E-state index is 12.9. The van der Waals surface area contributed by atoms with E-state index < -0.39 is 0 Å². The van der Waals surface area contributed by atoms with Gasteiger partial charge in [-0.15, -0.1) is 0 Å². The van der Waals surface area contributed by atoms with Crippen LogP contribution in [0.1, 0.15) is 24.8 Å². The van der Waals surface area contributed by atoms with Crippen LogP contribution in [0.25, 0.3) is 0 Å². The molecule has 0 saturated carbocycles. The van der Waals surface area contributed by atoms with Crippen molar-refractivity contribution in [1.82, 2.24) is 10.2 Å². The average molecular weight is 428 g/mol. The first-order valence-corrected chi connectivity index (χ1v) is 10.7. The van der Waals surface area contributed by atoms with Crippen LogP contribution in [0.5, 0.6) is 0 Å². The monoisotopic (exact) mass is 427 g/mol. The number of likely N-dealkylation sites (tertiary alicyclic amines) is 1. The molecule has 0 bridgehead atoms. The highest BCUT2D eigenvalue weighted by molar-refractivity contribution is 5.91. The van der Waals surface area contributed by atoms with E-state index in [1.807, 2.05) is 0 Å². The van der Waals surface area contributed by atoms with Crippen LogP contribution in [0.4, 0.5) is 20.6 Å². The molecule has 0 unspecified atom stereocenters. The zero-order valence-corrected chi connectivity index (χ0v) is 17.6. The van der Waals surface area contributed by atoms with Crippen molar-refractivity contribution in [3.05, 3.63) is 59.9 Å². The van der Waals surface area contributed by atoms with Crippen molar-refractivity contribution >= 4 is 23.3 Å². The van der Waals surface area contributed by atoms with Gasteiger partial charge in [-0.1, -0.05) is 12.1 Å². The number of nitrogens with zero attached hydrogens (tertiary/aromatic N) is 1. The van der Waals surface area contributed by atoms with Gasteiger partial charge in [0.1, 0.15) is 5.82 Å². The highest BCUT2D eigenvalue weighted by Gasteiger charge is 2.22. The minimum atomic E-state index is -0.357. The van der Waals surface area contributed by atoms with Gasteiger partial charge in [-0.2, -0.15) is 0 Å². The standard InChI is InChI=1S/C23H30FN5O2/c24-18-3-7-20(8-4-18)28-22(30)10-14-26-23(31)29-15-11-21(12-16-29)27-19-5-1-17(2-6-19)9-13-25/h1-8,21,27H,9-16,25H2,(H,26,31)(H,28,30). The fourth-order valence-corrected chi connectivity index (χ4v) is 3.55. The number of rotatable bonds is 8. The molecule has 2 aromatic carbocycles. The number of halogens is 1. The Morgan fingerprint density at radius 1 is 1.00 bits per heavy atom. The van der Waals surface area contributed by atoms with Crippen LogP contribution < -0.4 is 21.7 Å². The van der Waals surface area contributed by atoms with Crippen LogP contribution in [-0.2, 0) is 11.2 Å². The molecule has 1 heterocycles. The number of piperidine rings is 1. The number of benzene rings is 2. The molecule has 5 N–H and O–H groups in total. The largest absolute Gasteiger partial charge is 0.382 e. The van der Waals surface area contributed by atoms with E-state index in [1.165, 1.54) is 29.8 Å². The maximum Gasteiger partial charge on any atom is 0.317 e. The molecule has 0 spiro atoms. The van der Waals surface area contributed by atoms with Crippen molar-refractivity contribution in [1.29, 1.82) is 0 Å². The molecule has 3 rings (SSSR count). The lowest BCUT2D eigenvalue weighted by Gasteiger charge is -2.33. The van der Waals surface area contributed by atoms with Gasteiger partial charge in [-0.05, 0) is 67.8 Å². The van der Waals surface area contributed by atoms with Gasteiger partial charge >= 0.3 is 6.03 Å². The van der Waals surface area contributed by atoms with Gasteiger partial charge in [0.15, 0.2) is 0 Å². The number of anilines is 2. The van der Waals surface area contributed by atoms with Crippen LogP contribution in [0, 0.1) is 5.82 Å². The van der Waals surface area contributed by atoms with E-state index in [0.29, 0.717) is 31.4 Å². The number of hydrogen-bond donors (Lipinski definition) is 4. The number of urea groups is 1. The lowest BCUT2D eigenvalue weighted by molar-refractivity contribution is -0.116. The Morgan fingerprint density at radius 2 is 1.65 bits per heavy atom. The van der Waals surface area contributed by atoms with Crippen LogP contribution >= 0.6 is 0 Å². The topological polar surface area (TPSA) is 99.5 Å². The summed E-state index contributed by atoms with van der Waals surface area (Å²) in [6.45, 7) is 2.22. The second kappa shape index (κ2) is 11.3. The fourth-order valence-electron chi connectivity index (χ4n) is 3.55. The third kappa shape index (κ3) is 7.25. The molecule has 1 aliphatic rings. The van der Waals surface area contributed by atoms with Crippen molar-refractivity contribution in [2.45, 2.75) is 31.7 Å². The quantitative estimate of drug-likeness (QED) is 0.520. The predicted molar refractivity (Wildman–Crippen MR) is 120 cm³/mol. The van der Waals surface area contributed by atoms with Crippen LogP contribution in [0.2, 0.25) is 0 Å². The highest BCUT2D eigenvalue weighted by atomic mass is 19.1. The first-order valence-electron chi connectivity index (χ1n) is 10.7. The summed E-state index contributed by atoms with van der Waals surface area (Å²) >= 11 is 0. The minimum absolute atomic E-state index is 0.154. The zero-order valence-electron chi connectivity index (χ0n) is 17.6. The molecule has 31 heavy (non-hydrogen) atoms. The highest BCUT2D eigenvalue weighted by Crippen LogP contribution is 2.17. The molecule has 0 aliphatic carbocycles. The normalized spacial score (nSPS) is 14.2. The summed E-state index contributed by atoms with van der Waals surface area (Å²) < 4.78 is 12.9. The SMILES string of the molecule is NCCc1ccc(NC2CCN(C(=O)NCCC(=O)Nc3ccc(F)cc3)CC2)cc1. The second-order valence-electron chi connectivity index (χ2n) is 7.68. The third-order valence-electron chi connectivity index (χ3n) is 5.30. The van der Waals surface area contributed by atoms with E-state index in [0.717, 1.165) is 24.9 Å². The first kappa shape index (κ1) is 22.6. The molecular weight excluding hydrogens is 397 g/mol. The smallest absolute Gasteiger partial charge is 0.317 e. The second-order valence-corrected chi connectivity index (χ2v) is 7.68. The number of hydrogen-bond acceptors (Lipinski definition) is 4. The summed E-state index contributed by atoms with van der Waals surface area (Å²) in [5.41, 5.74) is 8.42. The van der Waals surface area contributed by atoms with Gasteiger partial charge in [0.05, 0.1) is 0 Å². The van der Waals surface area contributed by atoms with Crippen LogP contribution in [-0.4, -0.2) is 49.1 Å². The molecule has 1 fully saturated rings. The Kier molecular flexibility index (Phi) is 8.23. The van der Waals surface area contributed by atoms with Gasteiger partial charge < -0.3 is 26.6 Å². The lowest BCUT2D eigenvalue weighted by atomic mass is 10.0. The van der Waals surface area contributed by atoms with Crippen molar-refractivity contribution in [3.63, 3.8) is 0 Å². The zero-order chi connectivity index (χ0) is 22.1.